The average Bonchev–Trinajstić information content (AvgIpc) is 3.23. The van der Waals surface area contributed by atoms with Crippen molar-refractivity contribution in [1.29, 1.82) is 0 Å². The Bertz CT molecular complexity index is 1040. The summed E-state index contributed by atoms with van der Waals surface area (Å²) in [6.45, 7) is 0. The predicted octanol–water partition coefficient (Wildman–Crippen LogP) is 8.75. The van der Waals surface area contributed by atoms with Crippen LogP contribution in [-0.2, 0) is 19.2 Å². The van der Waals surface area contributed by atoms with E-state index in [1.807, 2.05) is 47.8 Å². The van der Waals surface area contributed by atoms with Gasteiger partial charge in [-0.05, 0) is 96.3 Å². The Labute approximate surface area is 317 Å². The highest BCUT2D eigenvalue weighted by molar-refractivity contribution is 5.83. The second-order valence-electron chi connectivity index (χ2n) is 18.1. The van der Waals surface area contributed by atoms with Crippen molar-refractivity contribution in [2.45, 2.75) is 204 Å². The number of hydrogen-bond donors (Lipinski definition) is 0. The minimum atomic E-state index is 0.0596. The molecule has 52 heavy (non-hydrogen) atoms. The van der Waals surface area contributed by atoms with Crippen LogP contribution in [0.3, 0.4) is 0 Å². The summed E-state index contributed by atoms with van der Waals surface area (Å²) in [6.07, 6.45) is 31.9. The maximum atomic E-state index is 13.0. The maximum absolute atomic E-state index is 13.0. The highest BCUT2D eigenvalue weighted by Gasteiger charge is 2.38. The predicted molar refractivity (Wildman–Crippen MR) is 209 cm³/mol. The number of amides is 4. The van der Waals surface area contributed by atoms with Crippen LogP contribution in [0, 0.1) is 23.7 Å². The zero-order valence-electron chi connectivity index (χ0n) is 33.8. The van der Waals surface area contributed by atoms with E-state index in [-0.39, 0.29) is 23.7 Å². The number of carbonyl (C=O) groups excluding carboxylic acids is 4. The van der Waals surface area contributed by atoms with E-state index in [4.69, 9.17) is 0 Å². The van der Waals surface area contributed by atoms with Crippen LogP contribution in [-0.4, -0.2) is 95.6 Å². The molecule has 4 amide bonds. The van der Waals surface area contributed by atoms with E-state index in [0.717, 1.165) is 77.0 Å². The Morgan fingerprint density at radius 3 is 0.769 bits per heavy atom. The highest BCUT2D eigenvalue weighted by Crippen LogP contribution is 2.36. The van der Waals surface area contributed by atoms with Crippen LogP contribution in [0.5, 0.6) is 0 Å². The molecule has 6 aliphatic rings. The normalized spacial score (nSPS) is 28.5. The zero-order valence-corrected chi connectivity index (χ0v) is 33.8. The molecule has 0 spiro atoms. The second kappa shape index (κ2) is 20.5. The fraction of sp³-hybridized carbons (Fsp3) is 0.909. The first-order valence-electron chi connectivity index (χ1n) is 22.2. The van der Waals surface area contributed by atoms with Gasteiger partial charge in [-0.3, -0.25) is 19.2 Å². The molecule has 0 N–H and O–H groups in total. The summed E-state index contributed by atoms with van der Waals surface area (Å²) in [4.78, 5) is 60.0. The number of hydrogen-bond acceptors (Lipinski definition) is 4. The Hall–Kier alpha value is -2.12. The van der Waals surface area contributed by atoms with E-state index < -0.39 is 0 Å². The van der Waals surface area contributed by atoms with Crippen LogP contribution in [0.15, 0.2) is 0 Å². The Morgan fingerprint density at radius 1 is 0.288 bits per heavy atom. The molecule has 8 heteroatoms. The van der Waals surface area contributed by atoms with Gasteiger partial charge < -0.3 is 19.6 Å². The molecule has 6 fully saturated rings. The van der Waals surface area contributed by atoms with Crippen LogP contribution in [0.4, 0.5) is 0 Å². The van der Waals surface area contributed by atoms with Crippen LogP contribution in [0.1, 0.15) is 180 Å². The first kappa shape index (κ1) is 41.1. The van der Waals surface area contributed by atoms with E-state index in [1.54, 1.807) is 0 Å². The third-order valence-corrected chi connectivity index (χ3v) is 14.7. The largest absolute Gasteiger partial charge is 0.343 e. The number of carbonyl (C=O) groups is 4. The van der Waals surface area contributed by atoms with Crippen LogP contribution >= 0.6 is 0 Å². The third kappa shape index (κ3) is 11.0. The van der Waals surface area contributed by atoms with Gasteiger partial charge in [0.05, 0.1) is 0 Å². The molecule has 0 aromatic carbocycles. The molecule has 6 aliphatic carbocycles. The van der Waals surface area contributed by atoms with Gasteiger partial charge in [0.25, 0.3) is 0 Å². The molecule has 8 nitrogen and oxygen atoms in total. The van der Waals surface area contributed by atoms with Crippen molar-refractivity contribution in [2.75, 3.05) is 28.2 Å². The highest BCUT2D eigenvalue weighted by atomic mass is 16.2. The first-order chi connectivity index (χ1) is 25.2. The Balaban J connectivity index is 0.000000201. The van der Waals surface area contributed by atoms with E-state index in [1.165, 1.54) is 103 Å². The SMILES string of the molecule is CN(C(=O)C1CCC(C(=O)N(C)C2CCCCC2)CC1)C1CCCCC1.CN(C(=O)C1CCCC(C(=O)N(C)C2CCCCC2)C1)C1CCCCC1. The van der Waals surface area contributed by atoms with Crippen molar-refractivity contribution in [2.24, 2.45) is 23.7 Å². The van der Waals surface area contributed by atoms with Crippen LogP contribution in [0.25, 0.3) is 0 Å². The third-order valence-electron chi connectivity index (χ3n) is 14.7. The van der Waals surface area contributed by atoms with Gasteiger partial charge in [0, 0.05) is 76.0 Å². The zero-order chi connectivity index (χ0) is 37.0. The average molecular weight is 725 g/mol. The molecule has 0 radical (unpaired) electrons. The summed E-state index contributed by atoms with van der Waals surface area (Å²) < 4.78 is 0. The van der Waals surface area contributed by atoms with Gasteiger partial charge >= 0.3 is 0 Å². The minimum Gasteiger partial charge on any atom is -0.343 e. The maximum Gasteiger partial charge on any atom is 0.225 e. The van der Waals surface area contributed by atoms with Gasteiger partial charge in [0.2, 0.25) is 23.6 Å². The quantitative estimate of drug-likeness (QED) is 0.251. The molecular weight excluding hydrogens is 649 g/mol. The fourth-order valence-corrected chi connectivity index (χ4v) is 11.0. The second-order valence-corrected chi connectivity index (χ2v) is 18.1. The van der Waals surface area contributed by atoms with E-state index in [0.29, 0.717) is 47.8 Å². The van der Waals surface area contributed by atoms with Gasteiger partial charge in [-0.15, -0.1) is 0 Å². The minimum absolute atomic E-state index is 0.0596. The fourth-order valence-electron chi connectivity index (χ4n) is 11.0. The molecule has 0 aromatic rings. The first-order valence-corrected chi connectivity index (χ1v) is 22.2. The van der Waals surface area contributed by atoms with Gasteiger partial charge in [-0.2, -0.15) is 0 Å². The summed E-state index contributed by atoms with van der Waals surface area (Å²) >= 11 is 0. The monoisotopic (exact) mass is 725 g/mol. The van der Waals surface area contributed by atoms with Crippen molar-refractivity contribution >= 4 is 23.6 Å². The molecule has 2 unspecified atom stereocenters. The van der Waals surface area contributed by atoms with Crippen molar-refractivity contribution in [3.63, 3.8) is 0 Å². The molecule has 6 saturated carbocycles. The van der Waals surface area contributed by atoms with E-state index in [9.17, 15) is 19.2 Å². The molecule has 0 bridgehead atoms. The summed E-state index contributed by atoms with van der Waals surface area (Å²) in [6, 6.07) is 1.76. The van der Waals surface area contributed by atoms with Crippen molar-refractivity contribution in [3.05, 3.63) is 0 Å². The Kier molecular flexibility index (Phi) is 16.2. The standard InChI is InChI=1S/2C22H38N2O2/c1-23(19-12-5-3-6-13-19)21(25)17-10-9-11-18(16-17)22(26)24(2)20-14-7-4-8-15-20;1-23(19-9-5-3-6-10-19)21(25)17-13-15-18(16-14-17)22(26)24(2)20-11-7-4-8-12-20/h2*17-20H,3-16H2,1-2H3. The lowest BCUT2D eigenvalue weighted by atomic mass is 9.79. The van der Waals surface area contributed by atoms with Crippen molar-refractivity contribution in [3.8, 4) is 0 Å². The smallest absolute Gasteiger partial charge is 0.225 e. The van der Waals surface area contributed by atoms with Crippen LogP contribution in [0.2, 0.25) is 0 Å². The van der Waals surface area contributed by atoms with Crippen molar-refractivity contribution < 1.29 is 19.2 Å². The topological polar surface area (TPSA) is 81.2 Å². The molecule has 296 valence electrons. The van der Waals surface area contributed by atoms with Crippen LogP contribution < -0.4 is 0 Å². The molecule has 0 aliphatic heterocycles. The molecule has 0 aromatic heterocycles. The summed E-state index contributed by atoms with van der Waals surface area (Å²) in [7, 11) is 8.01. The van der Waals surface area contributed by atoms with E-state index in [2.05, 4.69) is 0 Å². The Morgan fingerprint density at radius 2 is 0.519 bits per heavy atom. The van der Waals surface area contributed by atoms with Gasteiger partial charge in [0.15, 0.2) is 0 Å². The molecule has 0 heterocycles. The number of rotatable bonds is 8. The lowest BCUT2D eigenvalue weighted by Crippen LogP contribution is -2.46. The lowest BCUT2D eigenvalue weighted by Gasteiger charge is -2.38. The summed E-state index contributed by atoms with van der Waals surface area (Å²) in [5.41, 5.74) is 0. The number of nitrogens with zero attached hydrogens (tertiary/aromatic N) is 4. The molecule has 6 rings (SSSR count). The summed E-state index contributed by atoms with van der Waals surface area (Å²) in [5, 5.41) is 0. The lowest BCUT2D eigenvalue weighted by molar-refractivity contribution is -0.143. The van der Waals surface area contributed by atoms with E-state index >= 15 is 0 Å². The molecular formula is C44H76N4O4. The molecule has 0 saturated heterocycles. The van der Waals surface area contributed by atoms with Gasteiger partial charge in [0.1, 0.15) is 0 Å². The van der Waals surface area contributed by atoms with Gasteiger partial charge in [-0.1, -0.05) is 83.5 Å². The summed E-state index contributed by atoms with van der Waals surface area (Å²) in [5.74, 6) is 1.68. The van der Waals surface area contributed by atoms with Gasteiger partial charge in [-0.25, -0.2) is 0 Å². The molecule has 2 atom stereocenters. The van der Waals surface area contributed by atoms with Crippen molar-refractivity contribution in [1.82, 2.24) is 19.6 Å².